The Kier molecular flexibility index (Phi) is 4.08. The highest BCUT2D eigenvalue weighted by atomic mass is 19.1. The number of nitrogen functional groups attached to an aromatic ring is 1. The molecule has 1 aromatic carbocycles. The Hall–Kier alpha value is -1.58. The first kappa shape index (κ1) is 13.8. The number of carbonyl (C=O) groups is 1. The molecule has 1 aliphatic rings. The number of anilines is 1. The van der Waals surface area contributed by atoms with Gasteiger partial charge in [0.1, 0.15) is 11.9 Å². The van der Waals surface area contributed by atoms with Gasteiger partial charge in [0, 0.05) is 11.3 Å². The van der Waals surface area contributed by atoms with Gasteiger partial charge in [0.05, 0.1) is 5.56 Å². The first-order valence-electron chi connectivity index (χ1n) is 6.75. The summed E-state index contributed by atoms with van der Waals surface area (Å²) in [6.45, 7) is 3.67. The van der Waals surface area contributed by atoms with Crippen molar-refractivity contribution in [3.05, 3.63) is 29.1 Å². The molecule has 0 heterocycles. The van der Waals surface area contributed by atoms with Crippen LogP contribution >= 0.6 is 0 Å². The summed E-state index contributed by atoms with van der Waals surface area (Å²) in [6.07, 6.45) is 4.15. The minimum Gasteiger partial charge on any atom is -0.458 e. The van der Waals surface area contributed by atoms with Crippen molar-refractivity contribution >= 4 is 11.7 Å². The third kappa shape index (κ3) is 3.06. The number of halogens is 1. The molecule has 4 heteroatoms. The molecule has 3 nitrogen and oxygen atoms in total. The van der Waals surface area contributed by atoms with Crippen LogP contribution in [0.3, 0.4) is 0 Å². The molecule has 19 heavy (non-hydrogen) atoms. The molecule has 1 aliphatic carbocycles. The summed E-state index contributed by atoms with van der Waals surface area (Å²) < 4.78 is 19.0. The van der Waals surface area contributed by atoms with Crippen LogP contribution < -0.4 is 5.73 Å². The standard InChI is InChI=1S/C15H20FNO2/c1-9-5-3-4-6-14(9)19-15(18)11-7-12(16)10(2)13(17)8-11/h7-9,14H,3-6,17H2,1-2H3. The zero-order valence-electron chi connectivity index (χ0n) is 11.4. The molecule has 0 aromatic heterocycles. The van der Waals surface area contributed by atoms with Crippen molar-refractivity contribution < 1.29 is 13.9 Å². The van der Waals surface area contributed by atoms with Crippen molar-refractivity contribution in [2.75, 3.05) is 5.73 Å². The number of hydrogen-bond acceptors (Lipinski definition) is 3. The van der Waals surface area contributed by atoms with E-state index in [1.54, 1.807) is 6.92 Å². The summed E-state index contributed by atoms with van der Waals surface area (Å²) >= 11 is 0. The van der Waals surface area contributed by atoms with Crippen LogP contribution in [0.25, 0.3) is 0 Å². The largest absolute Gasteiger partial charge is 0.458 e. The lowest BCUT2D eigenvalue weighted by Gasteiger charge is -2.28. The topological polar surface area (TPSA) is 52.3 Å². The van der Waals surface area contributed by atoms with E-state index in [1.807, 2.05) is 0 Å². The number of rotatable bonds is 2. The second kappa shape index (κ2) is 5.59. The van der Waals surface area contributed by atoms with Crippen LogP contribution in [0.4, 0.5) is 10.1 Å². The molecule has 2 atom stereocenters. The Morgan fingerprint density at radius 1 is 1.37 bits per heavy atom. The van der Waals surface area contributed by atoms with E-state index < -0.39 is 11.8 Å². The number of nitrogens with two attached hydrogens (primary N) is 1. The smallest absolute Gasteiger partial charge is 0.338 e. The lowest BCUT2D eigenvalue weighted by atomic mass is 9.88. The molecule has 2 unspecified atom stereocenters. The molecule has 2 N–H and O–H groups in total. The predicted octanol–water partition coefficient (Wildman–Crippen LogP) is 3.45. The van der Waals surface area contributed by atoms with Gasteiger partial charge in [0.2, 0.25) is 0 Å². The van der Waals surface area contributed by atoms with Crippen molar-refractivity contribution in [2.45, 2.75) is 45.6 Å². The Balaban J connectivity index is 2.11. The number of hydrogen-bond donors (Lipinski definition) is 1. The van der Waals surface area contributed by atoms with E-state index in [-0.39, 0.29) is 17.4 Å². The van der Waals surface area contributed by atoms with E-state index in [4.69, 9.17) is 10.5 Å². The number of ether oxygens (including phenoxy) is 1. The minimum absolute atomic E-state index is 0.0631. The molecule has 0 saturated heterocycles. The summed E-state index contributed by atoms with van der Waals surface area (Å²) in [5, 5.41) is 0. The lowest BCUT2D eigenvalue weighted by molar-refractivity contribution is 0.00477. The molecular formula is C15H20FNO2. The first-order valence-corrected chi connectivity index (χ1v) is 6.75. The predicted molar refractivity (Wildman–Crippen MR) is 72.4 cm³/mol. The van der Waals surface area contributed by atoms with Gasteiger partial charge in [0.15, 0.2) is 0 Å². The highest BCUT2D eigenvalue weighted by molar-refractivity contribution is 5.90. The summed E-state index contributed by atoms with van der Waals surface area (Å²) in [7, 11) is 0. The molecule has 0 spiro atoms. The van der Waals surface area contributed by atoms with E-state index in [2.05, 4.69) is 6.92 Å². The molecule has 0 bridgehead atoms. The molecule has 1 fully saturated rings. The van der Waals surface area contributed by atoms with Gasteiger partial charge in [-0.1, -0.05) is 13.3 Å². The molecule has 1 aromatic rings. The van der Waals surface area contributed by atoms with E-state index >= 15 is 0 Å². The van der Waals surface area contributed by atoms with Crippen LogP contribution in [0, 0.1) is 18.7 Å². The maximum Gasteiger partial charge on any atom is 0.338 e. The van der Waals surface area contributed by atoms with Gasteiger partial charge in [-0.05, 0) is 44.2 Å². The van der Waals surface area contributed by atoms with Gasteiger partial charge in [-0.2, -0.15) is 0 Å². The van der Waals surface area contributed by atoms with Crippen molar-refractivity contribution in [3.63, 3.8) is 0 Å². The molecule has 1 saturated carbocycles. The summed E-state index contributed by atoms with van der Waals surface area (Å²) in [6, 6.07) is 2.68. The average molecular weight is 265 g/mol. The van der Waals surface area contributed by atoms with E-state index in [9.17, 15) is 9.18 Å². The Bertz CT molecular complexity index is 464. The van der Waals surface area contributed by atoms with E-state index in [1.165, 1.54) is 18.6 Å². The highest BCUT2D eigenvalue weighted by Gasteiger charge is 2.25. The first-order chi connectivity index (χ1) is 8.99. The Morgan fingerprint density at radius 3 is 2.68 bits per heavy atom. The van der Waals surface area contributed by atoms with Gasteiger partial charge in [-0.15, -0.1) is 0 Å². The van der Waals surface area contributed by atoms with Crippen molar-refractivity contribution in [2.24, 2.45) is 5.92 Å². The van der Waals surface area contributed by atoms with Gasteiger partial charge < -0.3 is 10.5 Å². The van der Waals surface area contributed by atoms with Crippen LogP contribution in [0.1, 0.15) is 48.5 Å². The number of carbonyl (C=O) groups excluding carboxylic acids is 1. The zero-order valence-corrected chi connectivity index (χ0v) is 11.4. The zero-order chi connectivity index (χ0) is 14.0. The monoisotopic (exact) mass is 265 g/mol. The fraction of sp³-hybridized carbons (Fsp3) is 0.533. The Morgan fingerprint density at radius 2 is 2.05 bits per heavy atom. The average Bonchev–Trinajstić information content (AvgIpc) is 2.38. The fourth-order valence-corrected chi connectivity index (χ4v) is 2.48. The highest BCUT2D eigenvalue weighted by Crippen LogP contribution is 2.27. The molecule has 0 aliphatic heterocycles. The quantitative estimate of drug-likeness (QED) is 0.658. The van der Waals surface area contributed by atoms with Gasteiger partial charge in [0.25, 0.3) is 0 Å². The van der Waals surface area contributed by atoms with Gasteiger partial charge in [-0.3, -0.25) is 0 Å². The second-order valence-electron chi connectivity index (χ2n) is 5.38. The normalized spacial score (nSPS) is 23.1. The second-order valence-corrected chi connectivity index (χ2v) is 5.38. The minimum atomic E-state index is -0.482. The SMILES string of the molecule is Cc1c(N)cc(C(=O)OC2CCCCC2C)cc1F. The van der Waals surface area contributed by atoms with Crippen LogP contribution in [0.5, 0.6) is 0 Å². The van der Waals surface area contributed by atoms with Gasteiger partial charge in [-0.25, -0.2) is 9.18 Å². The molecule has 2 rings (SSSR count). The van der Waals surface area contributed by atoms with E-state index in [0.717, 1.165) is 19.3 Å². The number of esters is 1. The van der Waals surface area contributed by atoms with Crippen molar-refractivity contribution in [1.29, 1.82) is 0 Å². The number of benzene rings is 1. The van der Waals surface area contributed by atoms with Crippen molar-refractivity contribution in [1.82, 2.24) is 0 Å². The molecular weight excluding hydrogens is 245 g/mol. The summed E-state index contributed by atoms with van der Waals surface area (Å²) in [5.74, 6) is -0.585. The van der Waals surface area contributed by atoms with Crippen LogP contribution in [-0.4, -0.2) is 12.1 Å². The van der Waals surface area contributed by atoms with Crippen LogP contribution in [0.2, 0.25) is 0 Å². The third-order valence-corrected chi connectivity index (χ3v) is 3.91. The van der Waals surface area contributed by atoms with Crippen molar-refractivity contribution in [3.8, 4) is 0 Å². The van der Waals surface area contributed by atoms with Crippen LogP contribution in [0.15, 0.2) is 12.1 Å². The fourth-order valence-electron chi connectivity index (χ4n) is 2.48. The Labute approximate surface area is 112 Å². The maximum atomic E-state index is 13.6. The summed E-state index contributed by atoms with van der Waals surface area (Å²) in [4.78, 5) is 12.0. The van der Waals surface area contributed by atoms with Gasteiger partial charge >= 0.3 is 5.97 Å². The lowest BCUT2D eigenvalue weighted by Crippen LogP contribution is -2.28. The summed E-state index contributed by atoms with van der Waals surface area (Å²) in [5.41, 5.74) is 6.51. The molecule has 0 amide bonds. The van der Waals surface area contributed by atoms with E-state index in [0.29, 0.717) is 11.5 Å². The molecule has 104 valence electrons. The maximum absolute atomic E-state index is 13.6. The molecule has 0 radical (unpaired) electrons. The van der Waals surface area contributed by atoms with Crippen LogP contribution in [-0.2, 0) is 4.74 Å². The third-order valence-electron chi connectivity index (χ3n) is 3.91.